The molecule has 8 nitrogen and oxygen atoms in total. The quantitative estimate of drug-likeness (QED) is 0.311. The number of ketones is 1. The largest absolute Gasteiger partial charge is 0.495 e. The van der Waals surface area contributed by atoms with E-state index in [-0.39, 0.29) is 45.9 Å². The van der Waals surface area contributed by atoms with Crippen LogP contribution in [0, 0.1) is 5.92 Å². The number of hydrogen-bond acceptors (Lipinski definition) is 7. The fraction of sp³-hybridized carbons (Fsp3) is 0.346. The van der Waals surface area contributed by atoms with Gasteiger partial charge in [-0.1, -0.05) is 29.8 Å². The third-order valence-corrected chi connectivity index (χ3v) is 7.02. The molecule has 0 bridgehead atoms. The Morgan fingerprint density at radius 1 is 1.19 bits per heavy atom. The standard InChI is InChI=1S/C26H26Cl2N2O6/c1-4-24(32)30-18-5-6-35-13-15(18)8-16-7-14-9-20(36-23(14)12-29-16)19(31)10-17-25(27)21(33-2)11-22(34-3)26(17)28/h4,7,9,11-12,15,18H,1,5-6,8,10,13H2,2-3H3,(H,30,32). The molecule has 1 aromatic carbocycles. The van der Waals surface area contributed by atoms with Crippen LogP contribution in [-0.4, -0.2) is 50.1 Å². The topological polar surface area (TPSA) is 99.9 Å². The third-order valence-electron chi connectivity index (χ3n) is 6.20. The van der Waals surface area contributed by atoms with Crippen molar-refractivity contribution in [1.29, 1.82) is 0 Å². The first-order chi connectivity index (χ1) is 17.3. The molecule has 0 aliphatic carbocycles. The van der Waals surface area contributed by atoms with Gasteiger partial charge >= 0.3 is 0 Å². The van der Waals surface area contributed by atoms with Gasteiger partial charge in [-0.25, -0.2) is 0 Å². The molecule has 190 valence electrons. The molecular weight excluding hydrogens is 507 g/mol. The van der Waals surface area contributed by atoms with Gasteiger partial charge in [0.25, 0.3) is 0 Å². The molecule has 1 aliphatic heterocycles. The molecule has 1 amide bonds. The second kappa shape index (κ2) is 11.3. The van der Waals surface area contributed by atoms with E-state index in [1.165, 1.54) is 20.3 Å². The van der Waals surface area contributed by atoms with Crippen LogP contribution in [0.5, 0.6) is 11.5 Å². The molecule has 36 heavy (non-hydrogen) atoms. The number of carbonyl (C=O) groups excluding carboxylic acids is 2. The summed E-state index contributed by atoms with van der Waals surface area (Å²) in [4.78, 5) is 29.4. The predicted molar refractivity (Wildman–Crippen MR) is 136 cm³/mol. The number of ether oxygens (including phenoxy) is 3. The Kier molecular flexibility index (Phi) is 8.18. The number of halogens is 2. The smallest absolute Gasteiger partial charge is 0.243 e. The van der Waals surface area contributed by atoms with E-state index in [1.54, 1.807) is 18.3 Å². The summed E-state index contributed by atoms with van der Waals surface area (Å²) in [6, 6.07) is 5.09. The maximum atomic E-state index is 13.1. The Hall–Kier alpha value is -3.07. The van der Waals surface area contributed by atoms with Gasteiger partial charge in [0.05, 0.1) is 37.1 Å². The summed E-state index contributed by atoms with van der Waals surface area (Å²) in [7, 11) is 2.94. The van der Waals surface area contributed by atoms with Gasteiger partial charge in [-0.3, -0.25) is 14.6 Å². The van der Waals surface area contributed by atoms with Crippen LogP contribution < -0.4 is 14.8 Å². The summed E-state index contributed by atoms with van der Waals surface area (Å²) in [5.74, 6) is 0.423. The highest BCUT2D eigenvalue weighted by Gasteiger charge is 2.28. The number of carbonyl (C=O) groups is 2. The van der Waals surface area contributed by atoms with Crippen LogP contribution in [0.3, 0.4) is 0 Å². The molecule has 2 unspecified atom stereocenters. The molecular formula is C26H26Cl2N2O6. The van der Waals surface area contributed by atoms with Gasteiger partial charge in [0.2, 0.25) is 11.7 Å². The summed E-state index contributed by atoms with van der Waals surface area (Å²) in [6.45, 7) is 4.62. The van der Waals surface area contributed by atoms with Gasteiger partial charge in [0, 0.05) is 47.7 Å². The Bertz CT molecular complexity index is 1280. The van der Waals surface area contributed by atoms with E-state index >= 15 is 0 Å². The van der Waals surface area contributed by atoms with Crippen LogP contribution in [0.2, 0.25) is 10.0 Å². The Morgan fingerprint density at radius 2 is 1.92 bits per heavy atom. The zero-order chi connectivity index (χ0) is 25.8. The first kappa shape index (κ1) is 26.0. The molecule has 2 aromatic heterocycles. The van der Waals surface area contributed by atoms with E-state index in [2.05, 4.69) is 16.9 Å². The van der Waals surface area contributed by atoms with E-state index in [0.717, 1.165) is 17.5 Å². The van der Waals surface area contributed by atoms with Crippen LogP contribution in [0.25, 0.3) is 11.0 Å². The zero-order valence-corrected chi connectivity index (χ0v) is 21.4. The first-order valence-corrected chi connectivity index (χ1v) is 12.1. The monoisotopic (exact) mass is 532 g/mol. The van der Waals surface area contributed by atoms with E-state index in [4.69, 9.17) is 41.8 Å². The lowest BCUT2D eigenvalue weighted by Crippen LogP contribution is -2.45. The van der Waals surface area contributed by atoms with Crippen LogP contribution >= 0.6 is 23.2 Å². The van der Waals surface area contributed by atoms with E-state index in [0.29, 0.717) is 42.3 Å². The number of benzene rings is 1. The van der Waals surface area contributed by atoms with Gasteiger partial charge in [0.1, 0.15) is 11.5 Å². The average molecular weight is 533 g/mol. The van der Waals surface area contributed by atoms with E-state index in [9.17, 15) is 9.59 Å². The molecule has 4 rings (SSSR count). The lowest BCUT2D eigenvalue weighted by molar-refractivity contribution is -0.118. The SMILES string of the molecule is C=CC(=O)NC1CCOCC1Cc1cc2cc(C(=O)Cc3c(Cl)c(OC)cc(OC)c3Cl)oc2cn1. The fourth-order valence-corrected chi connectivity index (χ4v) is 4.91. The minimum atomic E-state index is -0.306. The maximum absolute atomic E-state index is 13.1. The lowest BCUT2D eigenvalue weighted by Gasteiger charge is -2.31. The van der Waals surface area contributed by atoms with E-state index < -0.39 is 0 Å². The van der Waals surface area contributed by atoms with Crippen molar-refractivity contribution in [3.05, 3.63) is 64.1 Å². The average Bonchev–Trinajstić information content (AvgIpc) is 3.31. The predicted octanol–water partition coefficient (Wildman–Crippen LogP) is 4.83. The van der Waals surface area contributed by atoms with Crippen molar-refractivity contribution >= 4 is 45.9 Å². The highest BCUT2D eigenvalue weighted by molar-refractivity contribution is 6.38. The summed E-state index contributed by atoms with van der Waals surface area (Å²) in [6.07, 6.45) is 4.08. The molecule has 10 heteroatoms. The van der Waals surface area contributed by atoms with Crippen LogP contribution in [0.15, 0.2) is 41.5 Å². The minimum absolute atomic E-state index is 0.0300. The van der Waals surface area contributed by atoms with Gasteiger partial charge in [-0.15, -0.1) is 0 Å². The van der Waals surface area contributed by atoms with Gasteiger partial charge in [-0.05, 0) is 31.1 Å². The Balaban J connectivity index is 1.54. The van der Waals surface area contributed by atoms with Crippen molar-refractivity contribution in [1.82, 2.24) is 10.3 Å². The number of nitrogens with zero attached hydrogens (tertiary/aromatic N) is 1. The number of rotatable bonds is 9. The summed E-state index contributed by atoms with van der Waals surface area (Å²) < 4.78 is 22.0. The van der Waals surface area contributed by atoms with Crippen molar-refractivity contribution < 1.29 is 28.2 Å². The summed E-state index contributed by atoms with van der Waals surface area (Å²) in [5.41, 5.74) is 1.68. The van der Waals surface area contributed by atoms with Crippen molar-refractivity contribution in [3.63, 3.8) is 0 Å². The number of nitrogens with one attached hydrogen (secondary N) is 1. The molecule has 3 aromatic rings. The number of Topliss-reactive ketones (excluding diaryl/α,β-unsaturated/α-hetero) is 1. The molecule has 3 heterocycles. The lowest BCUT2D eigenvalue weighted by atomic mass is 9.91. The number of pyridine rings is 1. The van der Waals surface area contributed by atoms with Gasteiger partial charge < -0.3 is 23.9 Å². The molecule has 2 atom stereocenters. The van der Waals surface area contributed by atoms with Crippen molar-refractivity contribution in [3.8, 4) is 11.5 Å². The normalized spacial score (nSPS) is 17.6. The summed E-state index contributed by atoms with van der Waals surface area (Å²) in [5, 5.41) is 4.20. The number of aromatic nitrogens is 1. The van der Waals surface area contributed by atoms with Crippen LogP contribution in [0.4, 0.5) is 0 Å². The fourth-order valence-electron chi connectivity index (χ4n) is 4.28. The number of methoxy groups -OCH3 is 2. The van der Waals surface area contributed by atoms with Crippen molar-refractivity contribution in [2.75, 3.05) is 27.4 Å². The zero-order valence-electron chi connectivity index (χ0n) is 19.9. The van der Waals surface area contributed by atoms with Crippen molar-refractivity contribution in [2.24, 2.45) is 5.92 Å². The maximum Gasteiger partial charge on any atom is 0.243 e. The molecule has 0 spiro atoms. The molecule has 1 aliphatic rings. The molecule has 0 radical (unpaired) electrons. The highest BCUT2D eigenvalue weighted by atomic mass is 35.5. The highest BCUT2D eigenvalue weighted by Crippen LogP contribution is 2.41. The van der Waals surface area contributed by atoms with Gasteiger partial charge in [-0.2, -0.15) is 0 Å². The van der Waals surface area contributed by atoms with E-state index in [1.807, 2.05) is 6.07 Å². The number of hydrogen-bond donors (Lipinski definition) is 1. The molecule has 1 N–H and O–H groups in total. The molecule has 1 fully saturated rings. The second-order valence-electron chi connectivity index (χ2n) is 8.46. The van der Waals surface area contributed by atoms with Crippen molar-refractivity contribution in [2.45, 2.75) is 25.3 Å². The number of amides is 1. The van der Waals surface area contributed by atoms with Crippen LogP contribution in [-0.2, 0) is 22.4 Å². The summed E-state index contributed by atoms with van der Waals surface area (Å²) >= 11 is 12.8. The van der Waals surface area contributed by atoms with Gasteiger partial charge in [0.15, 0.2) is 11.3 Å². The number of fused-ring (bicyclic) bond motifs is 1. The third kappa shape index (κ3) is 5.51. The Morgan fingerprint density at radius 3 is 2.58 bits per heavy atom. The molecule has 0 saturated carbocycles. The van der Waals surface area contributed by atoms with Crippen LogP contribution in [0.1, 0.15) is 28.2 Å². The number of furan rings is 1. The minimum Gasteiger partial charge on any atom is -0.495 e. The molecule has 1 saturated heterocycles. The first-order valence-electron chi connectivity index (χ1n) is 11.4. The second-order valence-corrected chi connectivity index (χ2v) is 9.21. The Labute approximate surface area is 218 Å².